The van der Waals surface area contributed by atoms with Gasteiger partial charge in [-0.3, -0.25) is 4.79 Å². The summed E-state index contributed by atoms with van der Waals surface area (Å²) in [6.45, 7) is 6.76. The molecule has 1 aromatic carbocycles. The van der Waals surface area contributed by atoms with Crippen LogP contribution in [0.15, 0.2) is 36.4 Å². The van der Waals surface area contributed by atoms with Crippen molar-refractivity contribution in [1.82, 2.24) is 20.0 Å². The first kappa shape index (κ1) is 19.4. The number of benzene rings is 1. The van der Waals surface area contributed by atoms with Gasteiger partial charge in [-0.2, -0.15) is 9.78 Å². The molecule has 0 fully saturated rings. The fourth-order valence-electron chi connectivity index (χ4n) is 3.56. The zero-order valence-electron chi connectivity index (χ0n) is 16.5. The Hall–Kier alpha value is -2.93. The van der Waals surface area contributed by atoms with Crippen LogP contribution >= 0.6 is 11.6 Å². The molecular weight excluding hydrogens is 390 g/mol. The topological polar surface area (TPSA) is 81.9 Å². The highest BCUT2D eigenvalue weighted by atomic mass is 35.5. The van der Waals surface area contributed by atoms with Crippen molar-refractivity contribution in [3.05, 3.63) is 58.4 Å². The summed E-state index contributed by atoms with van der Waals surface area (Å²) in [5.41, 5.74) is 2.76. The number of aromatic nitrogens is 4. The van der Waals surface area contributed by atoms with E-state index in [0.29, 0.717) is 35.7 Å². The lowest BCUT2D eigenvalue weighted by Gasteiger charge is -2.26. The van der Waals surface area contributed by atoms with Crippen molar-refractivity contribution in [2.24, 2.45) is 5.92 Å². The Balaban J connectivity index is 1.80. The van der Waals surface area contributed by atoms with Crippen LogP contribution in [0, 0.1) is 12.8 Å². The first-order valence-electron chi connectivity index (χ1n) is 9.54. The molecule has 3 heterocycles. The second-order valence-electron chi connectivity index (χ2n) is 7.52. The van der Waals surface area contributed by atoms with Crippen LogP contribution in [0.2, 0.25) is 5.15 Å². The number of amides is 1. The van der Waals surface area contributed by atoms with Crippen molar-refractivity contribution in [2.45, 2.75) is 33.1 Å². The molecule has 0 spiro atoms. The van der Waals surface area contributed by atoms with Gasteiger partial charge in [0.15, 0.2) is 11.0 Å². The van der Waals surface area contributed by atoms with Gasteiger partial charge in [0.1, 0.15) is 11.6 Å². The van der Waals surface area contributed by atoms with Crippen molar-refractivity contribution in [3.8, 4) is 11.6 Å². The molecule has 0 aliphatic carbocycles. The van der Waals surface area contributed by atoms with Gasteiger partial charge < -0.3 is 10.1 Å². The van der Waals surface area contributed by atoms with E-state index >= 15 is 0 Å². The monoisotopic (exact) mass is 411 g/mol. The van der Waals surface area contributed by atoms with Crippen molar-refractivity contribution >= 4 is 23.3 Å². The number of halogens is 1. The summed E-state index contributed by atoms with van der Waals surface area (Å²) in [4.78, 5) is 12.6. The Morgan fingerprint density at radius 1 is 1.24 bits per heavy atom. The van der Waals surface area contributed by atoms with Crippen LogP contribution in [-0.4, -0.2) is 32.5 Å². The van der Waals surface area contributed by atoms with E-state index < -0.39 is 0 Å². The van der Waals surface area contributed by atoms with Crippen LogP contribution in [0.25, 0.3) is 5.82 Å². The lowest BCUT2D eigenvalue weighted by Crippen LogP contribution is -2.25. The molecule has 7 nitrogen and oxygen atoms in total. The standard InChI is InChI=1S/C21H22ClN5O2/c1-12(2)11-29-16-7-5-4-6-14(16)15-10-19(28)23-21-20(15)13(3)26-27(21)18-9-8-17(22)24-25-18/h4-9,12,15H,10-11H2,1-3H3,(H,23,28)/t15-/m1/s1. The van der Waals surface area contributed by atoms with E-state index in [2.05, 4.69) is 34.5 Å². The van der Waals surface area contributed by atoms with E-state index in [9.17, 15) is 4.79 Å². The highest BCUT2D eigenvalue weighted by molar-refractivity contribution is 6.29. The number of hydrogen-bond donors (Lipinski definition) is 1. The number of nitrogens with zero attached hydrogens (tertiary/aromatic N) is 4. The van der Waals surface area contributed by atoms with E-state index in [0.717, 1.165) is 22.6 Å². The second kappa shape index (κ2) is 7.83. The average Bonchev–Trinajstić information content (AvgIpc) is 3.03. The van der Waals surface area contributed by atoms with Gasteiger partial charge >= 0.3 is 0 Å². The molecular formula is C21H22ClN5O2. The first-order valence-corrected chi connectivity index (χ1v) is 9.92. The van der Waals surface area contributed by atoms with Gasteiger partial charge in [-0.25, -0.2) is 0 Å². The molecule has 0 bridgehead atoms. The SMILES string of the molecule is Cc1nn(-c2ccc(Cl)nn2)c2c1[C@@H](c1ccccc1OCC(C)C)CC(=O)N2. The van der Waals surface area contributed by atoms with Crippen LogP contribution in [0.1, 0.15) is 43.0 Å². The molecule has 0 radical (unpaired) electrons. The molecule has 0 saturated heterocycles. The summed E-state index contributed by atoms with van der Waals surface area (Å²) < 4.78 is 7.66. The Kier molecular flexibility index (Phi) is 5.24. The molecule has 8 heteroatoms. The highest BCUT2D eigenvalue weighted by Crippen LogP contribution is 2.43. The average molecular weight is 412 g/mol. The Labute approximate surface area is 174 Å². The highest BCUT2D eigenvalue weighted by Gasteiger charge is 2.34. The normalized spacial score (nSPS) is 15.9. The Morgan fingerprint density at radius 2 is 2.03 bits per heavy atom. The minimum absolute atomic E-state index is 0.0794. The number of hydrogen-bond acceptors (Lipinski definition) is 5. The molecule has 0 saturated carbocycles. The number of carbonyl (C=O) groups excluding carboxylic acids is 1. The summed E-state index contributed by atoms with van der Waals surface area (Å²) in [6.07, 6.45) is 0.327. The predicted octanol–water partition coefficient (Wildman–Crippen LogP) is 4.13. The molecule has 1 aliphatic rings. The van der Waals surface area contributed by atoms with E-state index in [1.54, 1.807) is 16.8 Å². The van der Waals surface area contributed by atoms with Crippen molar-refractivity contribution < 1.29 is 9.53 Å². The third-order valence-corrected chi connectivity index (χ3v) is 5.01. The second-order valence-corrected chi connectivity index (χ2v) is 7.91. The van der Waals surface area contributed by atoms with Crippen molar-refractivity contribution in [1.29, 1.82) is 0 Å². The maximum absolute atomic E-state index is 12.6. The van der Waals surface area contributed by atoms with E-state index in [1.165, 1.54) is 0 Å². The molecule has 150 valence electrons. The number of rotatable bonds is 5. The maximum atomic E-state index is 12.6. The van der Waals surface area contributed by atoms with Crippen molar-refractivity contribution in [2.75, 3.05) is 11.9 Å². The zero-order valence-corrected chi connectivity index (χ0v) is 17.3. The minimum atomic E-state index is -0.156. The third-order valence-electron chi connectivity index (χ3n) is 4.80. The number of fused-ring (bicyclic) bond motifs is 1. The molecule has 2 aromatic heterocycles. The van der Waals surface area contributed by atoms with Gasteiger partial charge in [0, 0.05) is 23.5 Å². The minimum Gasteiger partial charge on any atom is -0.493 e. The molecule has 1 N–H and O–H groups in total. The van der Waals surface area contributed by atoms with E-state index in [-0.39, 0.29) is 11.8 Å². The number of aryl methyl sites for hydroxylation is 1. The van der Waals surface area contributed by atoms with Gasteiger partial charge in [-0.15, -0.1) is 10.2 Å². The van der Waals surface area contributed by atoms with Gasteiger partial charge in [0.25, 0.3) is 0 Å². The number of para-hydroxylation sites is 1. The number of ether oxygens (including phenoxy) is 1. The number of anilines is 1. The Bertz CT molecular complexity index is 1050. The molecule has 3 aromatic rings. The molecule has 1 atom stereocenters. The van der Waals surface area contributed by atoms with Gasteiger partial charge in [0.2, 0.25) is 5.91 Å². The van der Waals surface area contributed by atoms with Crippen LogP contribution in [0.5, 0.6) is 5.75 Å². The summed E-state index contributed by atoms with van der Waals surface area (Å²) in [5.74, 6) is 2.06. The quantitative estimate of drug-likeness (QED) is 0.682. The largest absolute Gasteiger partial charge is 0.493 e. The van der Waals surface area contributed by atoms with Gasteiger partial charge in [-0.05, 0) is 31.0 Å². The summed E-state index contributed by atoms with van der Waals surface area (Å²) in [7, 11) is 0. The van der Waals surface area contributed by atoms with E-state index in [1.807, 2.05) is 31.2 Å². The van der Waals surface area contributed by atoms with Gasteiger partial charge in [0.05, 0.1) is 12.3 Å². The zero-order chi connectivity index (χ0) is 20.5. The lowest BCUT2D eigenvalue weighted by molar-refractivity contribution is -0.116. The fourth-order valence-corrected chi connectivity index (χ4v) is 3.66. The van der Waals surface area contributed by atoms with Gasteiger partial charge in [-0.1, -0.05) is 43.6 Å². The smallest absolute Gasteiger partial charge is 0.226 e. The van der Waals surface area contributed by atoms with E-state index in [4.69, 9.17) is 16.3 Å². The Morgan fingerprint density at radius 3 is 2.76 bits per heavy atom. The summed E-state index contributed by atoms with van der Waals surface area (Å²) in [5, 5.41) is 15.9. The molecule has 0 unspecified atom stereocenters. The third kappa shape index (κ3) is 3.82. The number of nitrogens with one attached hydrogen (secondary N) is 1. The molecule has 1 amide bonds. The van der Waals surface area contributed by atoms with Crippen LogP contribution < -0.4 is 10.1 Å². The van der Waals surface area contributed by atoms with Crippen LogP contribution in [-0.2, 0) is 4.79 Å². The summed E-state index contributed by atoms with van der Waals surface area (Å²) >= 11 is 5.86. The maximum Gasteiger partial charge on any atom is 0.226 e. The fraction of sp³-hybridized carbons (Fsp3) is 0.333. The predicted molar refractivity (Wildman–Crippen MR) is 111 cm³/mol. The van der Waals surface area contributed by atoms with Crippen LogP contribution in [0.4, 0.5) is 5.82 Å². The molecule has 1 aliphatic heterocycles. The number of carbonyl (C=O) groups is 1. The molecule has 29 heavy (non-hydrogen) atoms. The first-order chi connectivity index (χ1) is 13.9. The molecule has 4 rings (SSSR count). The lowest BCUT2D eigenvalue weighted by atomic mass is 9.85. The van der Waals surface area contributed by atoms with Crippen molar-refractivity contribution in [3.63, 3.8) is 0 Å². The van der Waals surface area contributed by atoms with Crippen LogP contribution in [0.3, 0.4) is 0 Å². The summed E-state index contributed by atoms with van der Waals surface area (Å²) in [6, 6.07) is 11.2.